The lowest BCUT2D eigenvalue weighted by Gasteiger charge is -2.11. The topological polar surface area (TPSA) is 96.9 Å². The van der Waals surface area contributed by atoms with E-state index in [0.717, 1.165) is 0 Å². The van der Waals surface area contributed by atoms with Gasteiger partial charge in [0.2, 0.25) is 5.91 Å². The number of rotatable bonds is 4. The molecule has 0 bridgehead atoms. The SMILES string of the molecule is CCn1cc(C#N)c(=O)n(CC(=O)Nc2cccc(Cl)c2Cl)c1=O. The lowest BCUT2D eigenvalue weighted by atomic mass is 10.3. The van der Waals surface area contributed by atoms with Gasteiger partial charge in [-0.05, 0) is 19.1 Å². The summed E-state index contributed by atoms with van der Waals surface area (Å²) >= 11 is 11.8. The Kier molecular flexibility index (Phi) is 5.44. The number of carbonyl (C=O) groups is 1. The molecule has 24 heavy (non-hydrogen) atoms. The highest BCUT2D eigenvalue weighted by Gasteiger charge is 2.15. The van der Waals surface area contributed by atoms with Crippen molar-refractivity contribution in [3.63, 3.8) is 0 Å². The van der Waals surface area contributed by atoms with Crippen molar-refractivity contribution in [2.24, 2.45) is 0 Å². The van der Waals surface area contributed by atoms with Crippen LogP contribution in [0.25, 0.3) is 0 Å². The van der Waals surface area contributed by atoms with Crippen LogP contribution in [-0.4, -0.2) is 15.0 Å². The number of carbonyl (C=O) groups excluding carboxylic acids is 1. The third-order valence-electron chi connectivity index (χ3n) is 3.23. The van der Waals surface area contributed by atoms with Gasteiger partial charge in [-0.15, -0.1) is 0 Å². The number of aromatic nitrogens is 2. The van der Waals surface area contributed by atoms with Crippen LogP contribution in [0.15, 0.2) is 34.0 Å². The van der Waals surface area contributed by atoms with E-state index in [4.69, 9.17) is 28.5 Å². The van der Waals surface area contributed by atoms with Gasteiger partial charge in [0.05, 0.1) is 15.7 Å². The maximum atomic E-state index is 12.2. The lowest BCUT2D eigenvalue weighted by molar-refractivity contribution is -0.116. The summed E-state index contributed by atoms with van der Waals surface area (Å²) in [6.07, 6.45) is 1.17. The van der Waals surface area contributed by atoms with Crippen LogP contribution in [-0.2, 0) is 17.9 Å². The monoisotopic (exact) mass is 366 g/mol. The molecule has 0 spiro atoms. The molecular weight excluding hydrogens is 355 g/mol. The predicted octanol–water partition coefficient (Wildman–Crippen LogP) is 1.85. The first-order valence-corrected chi connectivity index (χ1v) is 7.62. The number of aryl methyl sites for hydroxylation is 1. The first-order chi connectivity index (χ1) is 11.4. The molecule has 0 aliphatic carbocycles. The highest BCUT2D eigenvalue weighted by molar-refractivity contribution is 6.43. The summed E-state index contributed by atoms with van der Waals surface area (Å²) in [4.78, 5) is 36.4. The normalized spacial score (nSPS) is 10.2. The zero-order valence-corrected chi connectivity index (χ0v) is 14.1. The molecule has 1 heterocycles. The van der Waals surface area contributed by atoms with Crippen molar-refractivity contribution in [1.82, 2.24) is 9.13 Å². The number of nitrogens with one attached hydrogen (secondary N) is 1. The van der Waals surface area contributed by atoms with E-state index in [0.29, 0.717) is 4.57 Å². The number of hydrogen-bond acceptors (Lipinski definition) is 4. The van der Waals surface area contributed by atoms with E-state index in [9.17, 15) is 14.4 Å². The zero-order chi connectivity index (χ0) is 17.9. The molecule has 0 saturated carbocycles. The van der Waals surface area contributed by atoms with Crippen LogP contribution < -0.4 is 16.6 Å². The molecule has 2 rings (SSSR count). The van der Waals surface area contributed by atoms with E-state index in [1.807, 2.05) is 0 Å². The minimum atomic E-state index is -0.820. The molecule has 0 aliphatic heterocycles. The Morgan fingerprint density at radius 1 is 1.33 bits per heavy atom. The molecule has 1 amide bonds. The Bertz CT molecular complexity index is 957. The standard InChI is InChI=1S/C15H12Cl2N4O3/c1-2-20-7-9(6-18)14(23)21(15(20)24)8-12(22)19-11-5-3-4-10(16)13(11)17/h3-5,7H,2,8H2,1H3,(H,19,22). The maximum absolute atomic E-state index is 12.2. The molecule has 0 saturated heterocycles. The number of nitriles is 1. The van der Waals surface area contributed by atoms with Crippen LogP contribution in [0.3, 0.4) is 0 Å². The lowest BCUT2D eigenvalue weighted by Crippen LogP contribution is -2.43. The van der Waals surface area contributed by atoms with Crippen molar-refractivity contribution in [2.45, 2.75) is 20.0 Å². The predicted molar refractivity (Wildman–Crippen MR) is 90.4 cm³/mol. The fourth-order valence-corrected chi connectivity index (χ4v) is 2.38. The Labute approximate surface area is 146 Å². The summed E-state index contributed by atoms with van der Waals surface area (Å²) in [5, 5.41) is 11.9. The van der Waals surface area contributed by atoms with Crippen molar-refractivity contribution < 1.29 is 4.79 Å². The van der Waals surface area contributed by atoms with Gasteiger partial charge in [-0.25, -0.2) is 9.36 Å². The van der Waals surface area contributed by atoms with E-state index in [1.165, 1.54) is 16.8 Å². The maximum Gasteiger partial charge on any atom is 0.331 e. The molecule has 1 aromatic heterocycles. The number of halogens is 2. The van der Waals surface area contributed by atoms with Gasteiger partial charge in [-0.1, -0.05) is 29.3 Å². The van der Waals surface area contributed by atoms with Crippen LogP contribution in [0.4, 0.5) is 5.69 Å². The summed E-state index contributed by atoms with van der Waals surface area (Å²) in [7, 11) is 0. The third-order valence-corrected chi connectivity index (χ3v) is 4.04. The second-order valence-corrected chi connectivity index (χ2v) is 5.55. The first-order valence-electron chi connectivity index (χ1n) is 6.87. The molecule has 0 unspecified atom stereocenters. The summed E-state index contributed by atoms with van der Waals surface area (Å²) < 4.78 is 1.88. The Morgan fingerprint density at radius 2 is 2.04 bits per heavy atom. The summed E-state index contributed by atoms with van der Waals surface area (Å²) in [6, 6.07) is 6.40. The van der Waals surface area contributed by atoms with Crippen LogP contribution in [0.1, 0.15) is 12.5 Å². The number of nitrogens with zero attached hydrogens (tertiary/aromatic N) is 3. The molecule has 9 heteroatoms. The molecule has 0 radical (unpaired) electrons. The van der Waals surface area contributed by atoms with Crippen molar-refractivity contribution in [3.8, 4) is 6.07 Å². The molecule has 1 aromatic carbocycles. The highest BCUT2D eigenvalue weighted by atomic mass is 35.5. The van der Waals surface area contributed by atoms with Crippen molar-refractivity contribution in [3.05, 3.63) is 60.8 Å². The average molecular weight is 367 g/mol. The fraction of sp³-hybridized carbons (Fsp3) is 0.200. The Morgan fingerprint density at radius 3 is 2.67 bits per heavy atom. The van der Waals surface area contributed by atoms with Crippen LogP contribution in [0, 0.1) is 11.3 Å². The summed E-state index contributed by atoms with van der Waals surface area (Å²) in [5.74, 6) is -0.642. The van der Waals surface area contributed by atoms with Gasteiger partial charge in [-0.3, -0.25) is 14.2 Å². The minimum absolute atomic E-state index is 0.150. The van der Waals surface area contributed by atoms with E-state index in [1.54, 1.807) is 25.1 Å². The largest absolute Gasteiger partial charge is 0.331 e. The molecule has 1 N–H and O–H groups in total. The molecule has 124 valence electrons. The van der Waals surface area contributed by atoms with Crippen molar-refractivity contribution >= 4 is 34.8 Å². The van der Waals surface area contributed by atoms with Crippen LogP contribution >= 0.6 is 23.2 Å². The quantitative estimate of drug-likeness (QED) is 0.892. The highest BCUT2D eigenvalue weighted by Crippen LogP contribution is 2.29. The Hall–Kier alpha value is -2.56. The molecule has 7 nitrogen and oxygen atoms in total. The second kappa shape index (κ2) is 7.34. The number of hydrogen-bond donors (Lipinski definition) is 1. The van der Waals surface area contributed by atoms with Gasteiger partial charge >= 0.3 is 5.69 Å². The number of benzene rings is 1. The molecule has 0 atom stereocenters. The van der Waals surface area contributed by atoms with E-state index < -0.39 is 23.7 Å². The fourth-order valence-electron chi connectivity index (χ4n) is 2.03. The smallest absolute Gasteiger partial charge is 0.323 e. The third kappa shape index (κ3) is 3.50. The van der Waals surface area contributed by atoms with Crippen LogP contribution in [0.2, 0.25) is 10.0 Å². The van der Waals surface area contributed by atoms with Crippen molar-refractivity contribution in [1.29, 1.82) is 5.26 Å². The summed E-state index contributed by atoms with van der Waals surface area (Å²) in [5.41, 5.74) is -1.45. The van der Waals surface area contributed by atoms with Gasteiger partial charge in [0.1, 0.15) is 18.2 Å². The van der Waals surface area contributed by atoms with Crippen LogP contribution in [0.5, 0.6) is 0 Å². The second-order valence-electron chi connectivity index (χ2n) is 4.76. The minimum Gasteiger partial charge on any atom is -0.323 e. The van der Waals surface area contributed by atoms with Gasteiger partial charge in [0.25, 0.3) is 5.56 Å². The van der Waals surface area contributed by atoms with Gasteiger partial charge in [0.15, 0.2) is 0 Å². The summed E-state index contributed by atoms with van der Waals surface area (Å²) in [6.45, 7) is 1.40. The van der Waals surface area contributed by atoms with Gasteiger partial charge in [0, 0.05) is 12.7 Å². The van der Waals surface area contributed by atoms with E-state index in [2.05, 4.69) is 5.32 Å². The average Bonchev–Trinajstić information content (AvgIpc) is 2.56. The molecule has 0 aliphatic rings. The zero-order valence-electron chi connectivity index (χ0n) is 12.5. The Balaban J connectivity index is 2.36. The van der Waals surface area contributed by atoms with E-state index >= 15 is 0 Å². The van der Waals surface area contributed by atoms with E-state index in [-0.39, 0.29) is 27.8 Å². The number of amides is 1. The van der Waals surface area contributed by atoms with Crippen molar-refractivity contribution in [2.75, 3.05) is 5.32 Å². The first kappa shape index (κ1) is 17.8. The molecule has 2 aromatic rings. The van der Waals surface area contributed by atoms with Gasteiger partial charge < -0.3 is 5.32 Å². The van der Waals surface area contributed by atoms with Gasteiger partial charge in [-0.2, -0.15) is 5.26 Å². The molecule has 0 fully saturated rings. The number of anilines is 1. The molecular formula is C15H12Cl2N4O3.